The highest BCUT2D eigenvalue weighted by atomic mass is 35.5. The summed E-state index contributed by atoms with van der Waals surface area (Å²) in [6, 6.07) is 17.5. The normalized spacial score (nSPS) is 9.96. The van der Waals surface area contributed by atoms with E-state index in [4.69, 9.17) is 10.5 Å². The van der Waals surface area contributed by atoms with Crippen LogP contribution in [0.1, 0.15) is 37.7 Å². The first-order valence-corrected chi connectivity index (χ1v) is 8.54. The summed E-state index contributed by atoms with van der Waals surface area (Å²) in [5.41, 5.74) is 7.38. The minimum absolute atomic E-state index is 0. The van der Waals surface area contributed by atoms with Crippen molar-refractivity contribution in [3.8, 4) is 5.75 Å². The molecular weight excluding hydrogens is 336 g/mol. The zero-order chi connectivity index (χ0) is 17.0. The zero-order valence-electron chi connectivity index (χ0n) is 14.4. The third-order valence-electron chi connectivity index (χ3n) is 3.74. The van der Waals surface area contributed by atoms with Gasteiger partial charge < -0.3 is 15.8 Å². The SMILES string of the molecule is Cl.NCCCCCCC(=O)Nc1ccc(OCc2ccccc2)cc1. The van der Waals surface area contributed by atoms with Crippen LogP contribution in [-0.2, 0) is 11.4 Å². The van der Waals surface area contributed by atoms with Crippen LogP contribution in [0, 0.1) is 0 Å². The number of hydrogen-bond acceptors (Lipinski definition) is 3. The van der Waals surface area contributed by atoms with Gasteiger partial charge in [-0.25, -0.2) is 0 Å². The summed E-state index contributed by atoms with van der Waals surface area (Å²) in [7, 11) is 0. The van der Waals surface area contributed by atoms with Crippen LogP contribution in [0.2, 0.25) is 0 Å². The molecule has 25 heavy (non-hydrogen) atoms. The number of nitrogens with one attached hydrogen (secondary N) is 1. The van der Waals surface area contributed by atoms with Crippen LogP contribution in [0.3, 0.4) is 0 Å². The van der Waals surface area contributed by atoms with Crippen molar-refractivity contribution < 1.29 is 9.53 Å². The number of halogens is 1. The molecule has 2 rings (SSSR count). The molecule has 2 aromatic carbocycles. The number of rotatable bonds is 10. The summed E-state index contributed by atoms with van der Waals surface area (Å²) in [5.74, 6) is 0.847. The van der Waals surface area contributed by atoms with Gasteiger partial charge in [0.25, 0.3) is 0 Å². The average Bonchev–Trinajstić information content (AvgIpc) is 2.62. The van der Waals surface area contributed by atoms with Crippen LogP contribution in [0.5, 0.6) is 5.75 Å². The van der Waals surface area contributed by atoms with E-state index >= 15 is 0 Å². The second kappa shape index (κ2) is 12.3. The highest BCUT2D eigenvalue weighted by Gasteiger charge is 2.03. The van der Waals surface area contributed by atoms with Gasteiger partial charge in [-0.1, -0.05) is 43.2 Å². The fourth-order valence-corrected chi connectivity index (χ4v) is 2.38. The first-order valence-electron chi connectivity index (χ1n) is 8.54. The summed E-state index contributed by atoms with van der Waals surface area (Å²) in [6.07, 6.45) is 4.64. The molecule has 5 heteroatoms. The molecule has 4 nitrogen and oxygen atoms in total. The Labute approximate surface area is 156 Å². The van der Waals surface area contributed by atoms with Gasteiger partial charge in [-0.3, -0.25) is 4.79 Å². The van der Waals surface area contributed by atoms with Crippen molar-refractivity contribution in [3.63, 3.8) is 0 Å². The van der Waals surface area contributed by atoms with Crippen molar-refractivity contribution in [1.82, 2.24) is 0 Å². The molecule has 0 bridgehead atoms. The number of benzene rings is 2. The Bertz CT molecular complexity index is 603. The van der Waals surface area contributed by atoms with Crippen LogP contribution in [-0.4, -0.2) is 12.5 Å². The van der Waals surface area contributed by atoms with Crippen molar-refractivity contribution in [1.29, 1.82) is 0 Å². The van der Waals surface area contributed by atoms with Crippen molar-refractivity contribution in [3.05, 3.63) is 60.2 Å². The summed E-state index contributed by atoms with van der Waals surface area (Å²) in [6.45, 7) is 1.26. The van der Waals surface area contributed by atoms with Crippen molar-refractivity contribution in [2.24, 2.45) is 5.73 Å². The molecule has 3 N–H and O–H groups in total. The van der Waals surface area contributed by atoms with E-state index in [9.17, 15) is 4.79 Å². The van der Waals surface area contributed by atoms with E-state index in [2.05, 4.69) is 5.32 Å². The second-order valence-electron chi connectivity index (χ2n) is 5.80. The number of hydrogen-bond donors (Lipinski definition) is 2. The number of anilines is 1. The van der Waals surface area contributed by atoms with Crippen LogP contribution in [0.25, 0.3) is 0 Å². The molecule has 0 atom stereocenters. The first kappa shape index (κ1) is 21.0. The van der Waals surface area contributed by atoms with E-state index in [1.54, 1.807) is 0 Å². The molecule has 136 valence electrons. The molecule has 0 aliphatic carbocycles. The third-order valence-corrected chi connectivity index (χ3v) is 3.74. The Morgan fingerprint density at radius 3 is 2.28 bits per heavy atom. The molecule has 0 saturated carbocycles. The zero-order valence-corrected chi connectivity index (χ0v) is 15.3. The van der Waals surface area contributed by atoms with Crippen LogP contribution < -0.4 is 15.8 Å². The van der Waals surface area contributed by atoms with Crippen molar-refractivity contribution >= 4 is 24.0 Å². The number of ether oxygens (including phenoxy) is 1. The molecule has 0 spiro atoms. The minimum atomic E-state index is 0. The molecule has 0 aliphatic heterocycles. The topological polar surface area (TPSA) is 64.4 Å². The van der Waals surface area contributed by atoms with Gasteiger partial charge in [0, 0.05) is 12.1 Å². The molecule has 0 heterocycles. The van der Waals surface area contributed by atoms with Crippen LogP contribution in [0.15, 0.2) is 54.6 Å². The lowest BCUT2D eigenvalue weighted by Crippen LogP contribution is -2.11. The van der Waals surface area contributed by atoms with Gasteiger partial charge in [-0.15, -0.1) is 12.4 Å². The van der Waals surface area contributed by atoms with E-state index in [1.807, 2.05) is 54.6 Å². The van der Waals surface area contributed by atoms with Gasteiger partial charge in [-0.2, -0.15) is 0 Å². The highest BCUT2D eigenvalue weighted by molar-refractivity contribution is 5.90. The predicted molar refractivity (Wildman–Crippen MR) is 105 cm³/mol. The number of nitrogens with two attached hydrogens (primary N) is 1. The summed E-state index contributed by atoms with van der Waals surface area (Å²) < 4.78 is 5.73. The van der Waals surface area contributed by atoms with E-state index < -0.39 is 0 Å². The van der Waals surface area contributed by atoms with Gasteiger partial charge in [0.05, 0.1) is 0 Å². The van der Waals surface area contributed by atoms with Crippen molar-refractivity contribution in [2.75, 3.05) is 11.9 Å². The third kappa shape index (κ3) is 8.57. The fraction of sp³-hybridized carbons (Fsp3) is 0.350. The Balaban J connectivity index is 0.00000312. The van der Waals surface area contributed by atoms with E-state index in [-0.39, 0.29) is 18.3 Å². The Hall–Kier alpha value is -2.04. The average molecular weight is 363 g/mol. The molecule has 2 aromatic rings. The maximum absolute atomic E-state index is 11.9. The van der Waals surface area contributed by atoms with Crippen LogP contribution >= 0.6 is 12.4 Å². The molecule has 0 aliphatic rings. The smallest absolute Gasteiger partial charge is 0.224 e. The maximum atomic E-state index is 11.9. The van der Waals surface area contributed by atoms with E-state index in [1.165, 1.54) is 0 Å². The molecule has 0 radical (unpaired) electrons. The lowest BCUT2D eigenvalue weighted by molar-refractivity contribution is -0.116. The standard InChI is InChI=1S/C20H26N2O2.ClH/c21-15-7-2-1-6-10-20(23)22-18-11-13-19(14-12-18)24-16-17-8-4-3-5-9-17;/h3-5,8-9,11-14H,1-2,6-7,10,15-16,21H2,(H,22,23);1H. The fourth-order valence-electron chi connectivity index (χ4n) is 2.38. The van der Waals surface area contributed by atoms with Gasteiger partial charge in [0.2, 0.25) is 5.91 Å². The monoisotopic (exact) mass is 362 g/mol. The molecule has 0 aromatic heterocycles. The summed E-state index contributed by atoms with van der Waals surface area (Å²) in [5, 5.41) is 2.91. The molecule has 0 saturated heterocycles. The highest BCUT2D eigenvalue weighted by Crippen LogP contribution is 2.17. The number of amides is 1. The Morgan fingerprint density at radius 2 is 1.60 bits per heavy atom. The summed E-state index contributed by atoms with van der Waals surface area (Å²) in [4.78, 5) is 11.9. The number of carbonyl (C=O) groups is 1. The van der Waals surface area contributed by atoms with Gasteiger partial charge in [0.15, 0.2) is 0 Å². The van der Waals surface area contributed by atoms with Gasteiger partial charge in [0.1, 0.15) is 12.4 Å². The second-order valence-corrected chi connectivity index (χ2v) is 5.80. The van der Waals surface area contributed by atoms with Gasteiger partial charge >= 0.3 is 0 Å². The van der Waals surface area contributed by atoms with Crippen LogP contribution in [0.4, 0.5) is 5.69 Å². The molecule has 0 unspecified atom stereocenters. The lowest BCUT2D eigenvalue weighted by Gasteiger charge is -2.08. The lowest BCUT2D eigenvalue weighted by atomic mass is 10.1. The maximum Gasteiger partial charge on any atom is 0.224 e. The van der Waals surface area contributed by atoms with E-state index in [0.29, 0.717) is 13.0 Å². The van der Waals surface area contributed by atoms with Gasteiger partial charge in [-0.05, 0) is 49.2 Å². The van der Waals surface area contributed by atoms with Crippen molar-refractivity contribution in [2.45, 2.75) is 38.7 Å². The number of unbranched alkanes of at least 4 members (excludes halogenated alkanes) is 3. The molecule has 0 fully saturated rings. The Kier molecular flexibility index (Phi) is 10.4. The quantitative estimate of drug-likeness (QED) is 0.610. The molecular formula is C20H27ClN2O2. The molecule has 1 amide bonds. The summed E-state index contributed by atoms with van der Waals surface area (Å²) >= 11 is 0. The largest absolute Gasteiger partial charge is 0.489 e. The Morgan fingerprint density at radius 1 is 0.920 bits per heavy atom. The predicted octanol–water partition coefficient (Wildman–Crippen LogP) is 4.54. The minimum Gasteiger partial charge on any atom is -0.489 e. The first-order chi connectivity index (χ1) is 11.8. The van der Waals surface area contributed by atoms with E-state index in [0.717, 1.165) is 49.2 Å². The number of carbonyl (C=O) groups excluding carboxylic acids is 1.